The zero-order valence-corrected chi connectivity index (χ0v) is 10.3. The molecule has 0 aliphatic carbocycles. The summed E-state index contributed by atoms with van der Waals surface area (Å²) in [7, 11) is 0. The molecule has 0 spiro atoms. The number of benzene rings is 1. The molecule has 2 aromatic rings. The summed E-state index contributed by atoms with van der Waals surface area (Å²) in [6.07, 6.45) is 2.49. The van der Waals surface area contributed by atoms with E-state index in [4.69, 9.17) is 10.2 Å². The number of rotatable bonds is 4. The molecular weight excluding hydrogens is 228 g/mol. The molecule has 4 nitrogen and oxygen atoms in total. The van der Waals surface area contributed by atoms with Crippen LogP contribution >= 0.6 is 0 Å². The number of carbonyl (C=O) groups excluding carboxylic acids is 1. The molecule has 1 atom stereocenters. The molecule has 94 valence electrons. The van der Waals surface area contributed by atoms with E-state index >= 15 is 0 Å². The maximum atomic E-state index is 11.9. The van der Waals surface area contributed by atoms with Gasteiger partial charge in [0.25, 0.3) is 5.91 Å². The Morgan fingerprint density at radius 3 is 3.06 bits per heavy atom. The Morgan fingerprint density at radius 1 is 1.56 bits per heavy atom. The van der Waals surface area contributed by atoms with Crippen LogP contribution in [-0.4, -0.2) is 11.9 Å². The second kappa shape index (κ2) is 4.96. The van der Waals surface area contributed by atoms with Gasteiger partial charge in [-0.2, -0.15) is 0 Å². The summed E-state index contributed by atoms with van der Waals surface area (Å²) in [5.74, 6) is 0.0747. The van der Waals surface area contributed by atoms with E-state index in [9.17, 15) is 4.79 Å². The van der Waals surface area contributed by atoms with Crippen LogP contribution in [0.3, 0.4) is 0 Å². The number of nitrogen functional groups attached to an aromatic ring is 1. The van der Waals surface area contributed by atoms with Crippen LogP contribution in [0.4, 0.5) is 5.69 Å². The summed E-state index contributed by atoms with van der Waals surface area (Å²) in [6.45, 7) is 5.55. The molecule has 0 fully saturated rings. The Balaban J connectivity index is 2.20. The van der Waals surface area contributed by atoms with Crippen molar-refractivity contribution in [1.82, 2.24) is 5.32 Å². The van der Waals surface area contributed by atoms with Gasteiger partial charge in [0.15, 0.2) is 5.76 Å². The molecule has 1 unspecified atom stereocenters. The molecule has 4 heteroatoms. The van der Waals surface area contributed by atoms with Gasteiger partial charge >= 0.3 is 0 Å². The van der Waals surface area contributed by atoms with Crippen molar-refractivity contribution in [2.75, 3.05) is 5.73 Å². The van der Waals surface area contributed by atoms with Gasteiger partial charge in [-0.1, -0.05) is 6.08 Å². The predicted molar refractivity (Wildman–Crippen MR) is 72.4 cm³/mol. The predicted octanol–water partition coefficient (Wildman–Crippen LogP) is 2.71. The van der Waals surface area contributed by atoms with E-state index in [1.807, 2.05) is 6.92 Å². The summed E-state index contributed by atoms with van der Waals surface area (Å²) in [5.41, 5.74) is 6.98. The minimum absolute atomic E-state index is 0.0354. The van der Waals surface area contributed by atoms with E-state index in [0.717, 1.165) is 11.8 Å². The quantitative estimate of drug-likeness (QED) is 0.641. The summed E-state index contributed by atoms with van der Waals surface area (Å²) < 4.78 is 5.47. The fourth-order valence-electron chi connectivity index (χ4n) is 1.78. The first-order chi connectivity index (χ1) is 8.60. The lowest BCUT2D eigenvalue weighted by molar-refractivity contribution is 0.0914. The first-order valence-electron chi connectivity index (χ1n) is 5.81. The third-order valence-electron chi connectivity index (χ3n) is 2.66. The molecule has 0 aliphatic heterocycles. The van der Waals surface area contributed by atoms with Crippen molar-refractivity contribution in [3.63, 3.8) is 0 Å². The summed E-state index contributed by atoms with van der Waals surface area (Å²) >= 11 is 0. The molecule has 1 aromatic carbocycles. The molecule has 0 saturated carbocycles. The summed E-state index contributed by atoms with van der Waals surface area (Å²) in [6, 6.07) is 7.01. The van der Waals surface area contributed by atoms with Gasteiger partial charge in [-0.05, 0) is 37.6 Å². The van der Waals surface area contributed by atoms with Crippen molar-refractivity contribution < 1.29 is 9.21 Å². The number of amides is 1. The van der Waals surface area contributed by atoms with Crippen molar-refractivity contribution in [3.05, 3.63) is 42.7 Å². The molecule has 3 N–H and O–H groups in total. The fourth-order valence-corrected chi connectivity index (χ4v) is 1.78. The van der Waals surface area contributed by atoms with E-state index in [-0.39, 0.29) is 11.9 Å². The molecule has 0 saturated heterocycles. The van der Waals surface area contributed by atoms with Crippen molar-refractivity contribution in [2.24, 2.45) is 0 Å². The van der Waals surface area contributed by atoms with Gasteiger partial charge in [0, 0.05) is 17.1 Å². The highest BCUT2D eigenvalue weighted by Crippen LogP contribution is 2.21. The van der Waals surface area contributed by atoms with Gasteiger partial charge in [0.05, 0.1) is 0 Å². The van der Waals surface area contributed by atoms with E-state index in [2.05, 4.69) is 11.9 Å². The van der Waals surface area contributed by atoms with Crippen LogP contribution in [0.15, 0.2) is 41.3 Å². The second-order valence-corrected chi connectivity index (χ2v) is 4.31. The van der Waals surface area contributed by atoms with E-state index < -0.39 is 0 Å². The van der Waals surface area contributed by atoms with Gasteiger partial charge in [-0.3, -0.25) is 4.79 Å². The number of nitrogens with two attached hydrogens (primary N) is 1. The van der Waals surface area contributed by atoms with E-state index in [1.165, 1.54) is 0 Å². The molecule has 18 heavy (non-hydrogen) atoms. The van der Waals surface area contributed by atoms with Crippen molar-refractivity contribution in [2.45, 2.75) is 19.4 Å². The SMILES string of the molecule is C=CCC(C)NC(=O)c1cc2cc(N)ccc2o1. The average molecular weight is 244 g/mol. The first kappa shape index (κ1) is 12.2. The zero-order valence-electron chi connectivity index (χ0n) is 10.3. The Kier molecular flexibility index (Phi) is 3.37. The van der Waals surface area contributed by atoms with Crippen molar-refractivity contribution in [3.8, 4) is 0 Å². The Labute approximate surface area is 105 Å². The van der Waals surface area contributed by atoms with Crippen LogP contribution in [0.5, 0.6) is 0 Å². The van der Waals surface area contributed by atoms with Gasteiger partial charge < -0.3 is 15.5 Å². The maximum Gasteiger partial charge on any atom is 0.287 e. The Hall–Kier alpha value is -2.23. The monoisotopic (exact) mass is 244 g/mol. The molecule has 0 bridgehead atoms. The number of furan rings is 1. The van der Waals surface area contributed by atoms with Crippen LogP contribution in [0, 0.1) is 0 Å². The highest BCUT2D eigenvalue weighted by Gasteiger charge is 2.14. The lowest BCUT2D eigenvalue weighted by Gasteiger charge is -2.09. The van der Waals surface area contributed by atoms with Crippen molar-refractivity contribution in [1.29, 1.82) is 0 Å². The summed E-state index contributed by atoms with van der Waals surface area (Å²) in [4.78, 5) is 11.9. The standard InChI is InChI=1S/C14H16N2O2/c1-3-4-9(2)16-14(17)13-8-10-7-11(15)5-6-12(10)18-13/h3,5-9H,1,4,15H2,2H3,(H,16,17). The second-order valence-electron chi connectivity index (χ2n) is 4.31. The highest BCUT2D eigenvalue weighted by molar-refractivity contribution is 5.96. The summed E-state index contributed by atoms with van der Waals surface area (Å²) in [5, 5.41) is 3.67. The average Bonchev–Trinajstić information content (AvgIpc) is 2.72. The molecular formula is C14H16N2O2. The lowest BCUT2D eigenvalue weighted by Crippen LogP contribution is -2.31. The molecule has 1 aromatic heterocycles. The molecule has 1 heterocycles. The van der Waals surface area contributed by atoms with Crippen molar-refractivity contribution >= 4 is 22.6 Å². The minimum atomic E-state index is -0.223. The molecule has 0 aliphatic rings. The van der Waals surface area contributed by atoms with Crippen LogP contribution in [0.1, 0.15) is 23.9 Å². The van der Waals surface area contributed by atoms with E-state index in [0.29, 0.717) is 17.0 Å². The first-order valence-corrected chi connectivity index (χ1v) is 5.81. The van der Waals surface area contributed by atoms with Crippen LogP contribution in [0.2, 0.25) is 0 Å². The maximum absolute atomic E-state index is 11.9. The number of anilines is 1. The highest BCUT2D eigenvalue weighted by atomic mass is 16.3. The number of hydrogen-bond donors (Lipinski definition) is 2. The van der Waals surface area contributed by atoms with Gasteiger partial charge in [0.2, 0.25) is 0 Å². The molecule has 2 rings (SSSR count). The fraction of sp³-hybridized carbons (Fsp3) is 0.214. The third-order valence-corrected chi connectivity index (χ3v) is 2.66. The van der Waals surface area contributed by atoms with E-state index in [1.54, 1.807) is 30.3 Å². The molecule has 1 amide bonds. The normalized spacial score (nSPS) is 12.3. The zero-order chi connectivity index (χ0) is 13.1. The number of fused-ring (bicyclic) bond motifs is 1. The number of carbonyl (C=O) groups is 1. The van der Waals surface area contributed by atoms with Gasteiger partial charge in [-0.15, -0.1) is 6.58 Å². The minimum Gasteiger partial charge on any atom is -0.451 e. The van der Waals surface area contributed by atoms with Crippen LogP contribution in [-0.2, 0) is 0 Å². The Bertz CT molecular complexity index is 586. The smallest absolute Gasteiger partial charge is 0.287 e. The largest absolute Gasteiger partial charge is 0.451 e. The van der Waals surface area contributed by atoms with Crippen LogP contribution in [0.25, 0.3) is 11.0 Å². The lowest BCUT2D eigenvalue weighted by atomic mass is 10.2. The van der Waals surface area contributed by atoms with Crippen LogP contribution < -0.4 is 11.1 Å². The number of hydrogen-bond acceptors (Lipinski definition) is 3. The topological polar surface area (TPSA) is 68.3 Å². The third kappa shape index (κ3) is 2.53. The number of nitrogens with one attached hydrogen (secondary N) is 1. The molecule has 0 radical (unpaired) electrons. The Morgan fingerprint density at radius 2 is 2.33 bits per heavy atom. The van der Waals surface area contributed by atoms with Gasteiger partial charge in [0.1, 0.15) is 5.58 Å². The van der Waals surface area contributed by atoms with Gasteiger partial charge in [-0.25, -0.2) is 0 Å².